The topological polar surface area (TPSA) is 71.3 Å². The molecule has 0 atom stereocenters. The number of hydrogen-bond donors (Lipinski definition) is 2. The van der Waals surface area contributed by atoms with Crippen LogP contribution in [0.15, 0.2) is 100 Å². The third-order valence-electron chi connectivity index (χ3n) is 5.45. The maximum Gasteiger partial charge on any atom is 0.336 e. The monoisotopic (exact) mass is 454 g/mol. The number of rotatable bonds is 5. The normalized spacial score (nSPS) is 10.9. The van der Waals surface area contributed by atoms with Crippen LogP contribution < -0.4 is 16.3 Å². The molecule has 33 heavy (non-hydrogen) atoms. The van der Waals surface area contributed by atoms with Crippen molar-refractivity contribution in [2.24, 2.45) is 0 Å². The number of fused-ring (bicyclic) bond motifs is 3. The van der Waals surface area contributed by atoms with Gasteiger partial charge in [-0.3, -0.25) is 4.79 Å². The van der Waals surface area contributed by atoms with Gasteiger partial charge in [0.05, 0.1) is 0 Å². The van der Waals surface area contributed by atoms with E-state index in [-0.39, 0.29) is 11.5 Å². The number of carbonyl (C=O) groups is 1. The van der Waals surface area contributed by atoms with Gasteiger partial charge >= 0.3 is 5.63 Å². The van der Waals surface area contributed by atoms with Gasteiger partial charge in [-0.2, -0.15) is 0 Å². The highest BCUT2D eigenvalue weighted by molar-refractivity contribution is 6.30. The summed E-state index contributed by atoms with van der Waals surface area (Å²) in [5, 5.41) is 9.85. The van der Waals surface area contributed by atoms with Gasteiger partial charge in [0, 0.05) is 40.0 Å². The molecule has 5 aromatic rings. The average molecular weight is 455 g/mol. The Morgan fingerprint density at radius 1 is 0.848 bits per heavy atom. The van der Waals surface area contributed by atoms with Crippen molar-refractivity contribution < 1.29 is 9.21 Å². The molecule has 0 radical (unpaired) electrons. The zero-order valence-corrected chi connectivity index (χ0v) is 18.2. The number of carbonyl (C=O) groups excluding carboxylic acids is 1. The average Bonchev–Trinajstić information content (AvgIpc) is 2.83. The van der Waals surface area contributed by atoms with Crippen LogP contribution in [-0.2, 0) is 6.54 Å². The van der Waals surface area contributed by atoms with Gasteiger partial charge in [-0.05, 0) is 70.9 Å². The lowest BCUT2D eigenvalue weighted by Crippen LogP contribution is -2.11. The highest BCUT2D eigenvalue weighted by Crippen LogP contribution is 2.28. The molecule has 5 rings (SSSR count). The first kappa shape index (κ1) is 20.8. The predicted molar refractivity (Wildman–Crippen MR) is 133 cm³/mol. The van der Waals surface area contributed by atoms with E-state index < -0.39 is 0 Å². The molecule has 1 amide bonds. The Morgan fingerprint density at radius 3 is 2.36 bits per heavy atom. The van der Waals surface area contributed by atoms with Gasteiger partial charge < -0.3 is 15.1 Å². The lowest BCUT2D eigenvalue weighted by atomic mass is 10.0. The maximum atomic E-state index is 12.4. The van der Waals surface area contributed by atoms with E-state index in [1.54, 1.807) is 24.3 Å². The molecule has 0 saturated heterocycles. The third-order valence-corrected chi connectivity index (χ3v) is 5.70. The largest absolute Gasteiger partial charge is 0.423 e. The molecule has 5 nitrogen and oxygen atoms in total. The van der Waals surface area contributed by atoms with Crippen LogP contribution in [0.25, 0.3) is 21.7 Å². The van der Waals surface area contributed by atoms with Crippen molar-refractivity contribution in [1.29, 1.82) is 0 Å². The summed E-state index contributed by atoms with van der Waals surface area (Å²) in [6.45, 7) is 0.451. The molecule has 1 heterocycles. The fourth-order valence-electron chi connectivity index (χ4n) is 3.83. The van der Waals surface area contributed by atoms with Gasteiger partial charge in [0.15, 0.2) is 0 Å². The third kappa shape index (κ3) is 4.45. The Kier molecular flexibility index (Phi) is 5.55. The summed E-state index contributed by atoms with van der Waals surface area (Å²) in [4.78, 5) is 24.5. The standard InChI is InChI=1S/C27H19ClN2O3/c28-20-8-5-18(6-9-20)27(32)30-22-12-10-21(11-13-22)29-16-19-15-25(31)33-24-14-7-17-3-1-2-4-23(17)26(19)24/h1-15,29H,16H2,(H,30,32). The molecule has 0 aliphatic rings. The summed E-state index contributed by atoms with van der Waals surface area (Å²) in [7, 11) is 0. The quantitative estimate of drug-likeness (QED) is 0.236. The number of amides is 1. The highest BCUT2D eigenvalue weighted by Gasteiger charge is 2.10. The van der Waals surface area contributed by atoms with Gasteiger partial charge in [0.2, 0.25) is 0 Å². The molecule has 0 unspecified atom stereocenters. The predicted octanol–water partition coefficient (Wildman–Crippen LogP) is 6.46. The zero-order valence-electron chi connectivity index (χ0n) is 17.5. The minimum atomic E-state index is -0.380. The van der Waals surface area contributed by atoms with Crippen LogP contribution in [0, 0.1) is 0 Å². The lowest BCUT2D eigenvalue weighted by molar-refractivity contribution is 0.102. The van der Waals surface area contributed by atoms with Gasteiger partial charge in [-0.25, -0.2) is 4.79 Å². The second-order valence-corrected chi connectivity index (χ2v) is 8.08. The molecule has 0 saturated carbocycles. The number of benzene rings is 4. The number of nitrogens with one attached hydrogen (secondary N) is 2. The van der Waals surface area contributed by atoms with E-state index in [9.17, 15) is 9.59 Å². The highest BCUT2D eigenvalue weighted by atomic mass is 35.5. The van der Waals surface area contributed by atoms with Crippen LogP contribution in [0.1, 0.15) is 15.9 Å². The van der Waals surface area contributed by atoms with Crippen LogP contribution in [-0.4, -0.2) is 5.91 Å². The molecule has 0 fully saturated rings. The van der Waals surface area contributed by atoms with E-state index in [1.807, 2.05) is 60.7 Å². The van der Waals surface area contributed by atoms with Crippen molar-refractivity contribution in [3.05, 3.63) is 118 Å². The summed E-state index contributed by atoms with van der Waals surface area (Å²) in [5.41, 5.74) is 3.12. The Labute approximate surface area is 194 Å². The molecular weight excluding hydrogens is 436 g/mol. The van der Waals surface area contributed by atoms with Crippen molar-refractivity contribution in [2.75, 3.05) is 10.6 Å². The molecule has 1 aromatic heterocycles. The van der Waals surface area contributed by atoms with Gasteiger partial charge in [-0.15, -0.1) is 0 Å². The maximum absolute atomic E-state index is 12.4. The van der Waals surface area contributed by atoms with Crippen LogP contribution in [0.3, 0.4) is 0 Å². The lowest BCUT2D eigenvalue weighted by Gasteiger charge is -2.11. The molecule has 2 N–H and O–H groups in total. The summed E-state index contributed by atoms with van der Waals surface area (Å²) in [6, 6.07) is 27.5. The smallest absolute Gasteiger partial charge is 0.336 e. The van der Waals surface area contributed by atoms with E-state index in [1.165, 1.54) is 6.07 Å². The first-order chi connectivity index (χ1) is 16.1. The zero-order chi connectivity index (χ0) is 22.8. The molecule has 0 bridgehead atoms. The molecule has 162 valence electrons. The minimum Gasteiger partial charge on any atom is -0.423 e. The van der Waals surface area contributed by atoms with E-state index in [4.69, 9.17) is 16.0 Å². The number of anilines is 2. The second kappa shape index (κ2) is 8.81. The van der Waals surface area contributed by atoms with Crippen molar-refractivity contribution in [3.63, 3.8) is 0 Å². The first-order valence-electron chi connectivity index (χ1n) is 10.4. The van der Waals surface area contributed by atoms with E-state index in [0.29, 0.717) is 28.4 Å². The molecular formula is C27H19ClN2O3. The summed E-state index contributed by atoms with van der Waals surface area (Å²) >= 11 is 5.88. The van der Waals surface area contributed by atoms with E-state index in [0.717, 1.165) is 27.4 Å². The molecule has 0 aliphatic carbocycles. The first-order valence-corrected chi connectivity index (χ1v) is 10.8. The van der Waals surface area contributed by atoms with Crippen molar-refractivity contribution in [2.45, 2.75) is 6.54 Å². The van der Waals surface area contributed by atoms with E-state index in [2.05, 4.69) is 10.6 Å². The minimum absolute atomic E-state index is 0.207. The molecule has 0 aliphatic heterocycles. The van der Waals surface area contributed by atoms with Crippen LogP contribution in [0.2, 0.25) is 5.02 Å². The SMILES string of the molecule is O=C(Nc1ccc(NCc2cc(=O)oc3ccc4ccccc4c23)cc1)c1ccc(Cl)cc1. The fourth-order valence-corrected chi connectivity index (χ4v) is 3.96. The van der Waals surface area contributed by atoms with Gasteiger partial charge in [0.1, 0.15) is 5.58 Å². The van der Waals surface area contributed by atoms with Crippen molar-refractivity contribution in [3.8, 4) is 0 Å². The van der Waals surface area contributed by atoms with Crippen LogP contribution in [0.4, 0.5) is 11.4 Å². The Balaban J connectivity index is 1.34. The number of hydrogen-bond acceptors (Lipinski definition) is 4. The van der Waals surface area contributed by atoms with Crippen LogP contribution >= 0.6 is 11.6 Å². The van der Waals surface area contributed by atoms with Gasteiger partial charge in [0.25, 0.3) is 5.91 Å². The second-order valence-electron chi connectivity index (χ2n) is 7.64. The summed E-state index contributed by atoms with van der Waals surface area (Å²) in [6.07, 6.45) is 0. The fraction of sp³-hybridized carbons (Fsp3) is 0.0370. The van der Waals surface area contributed by atoms with Crippen LogP contribution in [0.5, 0.6) is 0 Å². The Morgan fingerprint density at radius 2 is 1.58 bits per heavy atom. The number of halogens is 1. The Bertz CT molecular complexity index is 1520. The van der Waals surface area contributed by atoms with E-state index >= 15 is 0 Å². The van der Waals surface area contributed by atoms with Gasteiger partial charge in [-0.1, -0.05) is 41.9 Å². The van der Waals surface area contributed by atoms with Crippen molar-refractivity contribution >= 4 is 50.6 Å². The Hall–Kier alpha value is -4.09. The molecule has 6 heteroatoms. The molecule has 0 spiro atoms. The molecule has 4 aromatic carbocycles. The summed E-state index contributed by atoms with van der Waals surface area (Å²) in [5.74, 6) is -0.207. The summed E-state index contributed by atoms with van der Waals surface area (Å²) < 4.78 is 5.43. The van der Waals surface area contributed by atoms with Crippen molar-refractivity contribution in [1.82, 2.24) is 0 Å².